The molecule has 0 amide bonds. The molecule has 1 atom stereocenters. The Balaban J connectivity index is 1.88. The van der Waals surface area contributed by atoms with E-state index in [4.69, 9.17) is 0 Å². The van der Waals surface area contributed by atoms with E-state index >= 15 is 0 Å². The van der Waals surface area contributed by atoms with Crippen molar-refractivity contribution >= 4 is 21.2 Å². The van der Waals surface area contributed by atoms with Gasteiger partial charge in [0, 0.05) is 24.2 Å². The van der Waals surface area contributed by atoms with E-state index in [1.165, 1.54) is 5.56 Å². The van der Waals surface area contributed by atoms with Crippen molar-refractivity contribution in [2.45, 2.75) is 63.7 Å². The minimum atomic E-state index is -3.47. The number of imidazole rings is 1. The summed E-state index contributed by atoms with van der Waals surface area (Å²) in [4.78, 5) is 11.1. The van der Waals surface area contributed by atoms with Gasteiger partial charge < -0.3 is 4.57 Å². The average Bonchev–Trinajstić information content (AvgIpc) is 3.33. The van der Waals surface area contributed by atoms with Gasteiger partial charge in [-0.2, -0.15) is 0 Å². The van der Waals surface area contributed by atoms with Crippen LogP contribution in [0.2, 0.25) is 0 Å². The Labute approximate surface area is 183 Å². The van der Waals surface area contributed by atoms with Crippen LogP contribution in [0.25, 0.3) is 0 Å². The number of rotatable bonds is 9. The first kappa shape index (κ1) is 22.7. The fourth-order valence-electron chi connectivity index (χ4n) is 3.23. The summed E-state index contributed by atoms with van der Waals surface area (Å²) >= 11 is 1.65. The normalized spacial score (nSPS) is 13.3. The summed E-state index contributed by atoms with van der Waals surface area (Å²) in [6, 6.07) is 10.2. The summed E-state index contributed by atoms with van der Waals surface area (Å²) in [5.74, 6) is 0. The summed E-state index contributed by atoms with van der Waals surface area (Å²) in [7, 11) is -1.44. The van der Waals surface area contributed by atoms with Crippen molar-refractivity contribution in [3.8, 4) is 0 Å². The summed E-state index contributed by atoms with van der Waals surface area (Å²) in [5, 5.41) is 2.75. The first-order valence-electron chi connectivity index (χ1n) is 10.1. The molecule has 3 rings (SSSR count). The number of sulfone groups is 1. The second-order valence-electron chi connectivity index (χ2n) is 7.93. The van der Waals surface area contributed by atoms with E-state index < -0.39 is 15.1 Å². The van der Waals surface area contributed by atoms with Gasteiger partial charge in [0.15, 0.2) is 0 Å². The monoisotopic (exact) mass is 446 g/mol. The van der Waals surface area contributed by atoms with Gasteiger partial charge in [-0.1, -0.05) is 30.3 Å². The molecule has 3 aromatic rings. The fraction of sp³-hybridized carbons (Fsp3) is 0.455. The van der Waals surface area contributed by atoms with Crippen molar-refractivity contribution in [1.82, 2.24) is 19.4 Å². The fourth-order valence-corrected chi connectivity index (χ4v) is 5.28. The van der Waals surface area contributed by atoms with Crippen molar-refractivity contribution in [1.29, 1.82) is 0 Å². The Morgan fingerprint density at radius 2 is 1.87 bits per heavy atom. The van der Waals surface area contributed by atoms with Crippen LogP contribution in [0.5, 0.6) is 0 Å². The van der Waals surface area contributed by atoms with Gasteiger partial charge in [-0.25, -0.2) is 18.4 Å². The molecule has 0 N–H and O–H groups in total. The highest BCUT2D eigenvalue weighted by Crippen LogP contribution is 2.25. The maximum Gasteiger partial charge on any atom is 0.228 e. The second kappa shape index (κ2) is 9.41. The number of aromatic nitrogens is 3. The number of benzene rings is 1. The lowest BCUT2D eigenvalue weighted by Crippen LogP contribution is -2.25. The van der Waals surface area contributed by atoms with Crippen LogP contribution >= 0.6 is 11.3 Å². The number of nitrogens with zero attached hydrogens (tertiary/aromatic N) is 4. The molecule has 0 aliphatic heterocycles. The molecule has 0 saturated heterocycles. The molecule has 0 radical (unpaired) electrons. The summed E-state index contributed by atoms with van der Waals surface area (Å²) in [6.07, 6.45) is 2.45. The van der Waals surface area contributed by atoms with Crippen LogP contribution in [-0.2, 0) is 29.3 Å². The Bertz CT molecular complexity index is 1070. The number of hydrogen-bond acceptors (Lipinski definition) is 6. The highest BCUT2D eigenvalue weighted by atomic mass is 32.2. The Kier molecular flexibility index (Phi) is 7.10. The van der Waals surface area contributed by atoms with Gasteiger partial charge in [-0.05, 0) is 46.7 Å². The molecular formula is C22H30N4O2S2. The molecular weight excluding hydrogens is 416 g/mol. The smallest absolute Gasteiger partial charge is 0.228 e. The summed E-state index contributed by atoms with van der Waals surface area (Å²) < 4.78 is 27.7. The molecule has 2 aromatic heterocycles. The molecule has 0 aliphatic rings. The molecule has 0 spiro atoms. The SMILES string of the molecule is Cc1csc(C(C)N(C)Cc2cnc(S(=O)(=O)C(C)C)n2CCc2ccccc2)n1. The average molecular weight is 447 g/mol. The van der Waals surface area contributed by atoms with Gasteiger partial charge in [0.2, 0.25) is 15.0 Å². The van der Waals surface area contributed by atoms with Crippen LogP contribution in [0.15, 0.2) is 47.1 Å². The number of aryl methyl sites for hydroxylation is 2. The third-order valence-electron chi connectivity index (χ3n) is 5.31. The summed E-state index contributed by atoms with van der Waals surface area (Å²) in [5.41, 5.74) is 3.09. The topological polar surface area (TPSA) is 68.1 Å². The Morgan fingerprint density at radius 1 is 1.17 bits per heavy atom. The van der Waals surface area contributed by atoms with E-state index in [0.29, 0.717) is 13.1 Å². The summed E-state index contributed by atoms with van der Waals surface area (Å²) in [6.45, 7) is 8.67. The molecule has 0 aliphatic carbocycles. The van der Waals surface area contributed by atoms with E-state index in [1.807, 2.05) is 36.7 Å². The predicted molar refractivity (Wildman–Crippen MR) is 121 cm³/mol. The quantitative estimate of drug-likeness (QED) is 0.491. The molecule has 8 heteroatoms. The van der Waals surface area contributed by atoms with Gasteiger partial charge in [-0.15, -0.1) is 11.3 Å². The Hall–Kier alpha value is -2.03. The first-order valence-corrected chi connectivity index (χ1v) is 12.6. The zero-order valence-electron chi connectivity index (χ0n) is 18.2. The highest BCUT2D eigenvalue weighted by molar-refractivity contribution is 7.91. The van der Waals surface area contributed by atoms with Crippen LogP contribution in [-0.4, -0.2) is 40.2 Å². The lowest BCUT2D eigenvalue weighted by atomic mass is 10.1. The van der Waals surface area contributed by atoms with E-state index in [9.17, 15) is 8.42 Å². The number of thiazole rings is 1. The van der Waals surface area contributed by atoms with E-state index in [2.05, 4.69) is 39.3 Å². The van der Waals surface area contributed by atoms with Gasteiger partial charge in [0.05, 0.1) is 23.2 Å². The van der Waals surface area contributed by atoms with Crippen LogP contribution in [0.3, 0.4) is 0 Å². The zero-order chi connectivity index (χ0) is 21.9. The third kappa shape index (κ3) is 4.99. The van der Waals surface area contributed by atoms with Crippen molar-refractivity contribution in [2.75, 3.05) is 7.05 Å². The lowest BCUT2D eigenvalue weighted by molar-refractivity contribution is 0.245. The largest absolute Gasteiger partial charge is 0.317 e. The molecule has 1 aromatic carbocycles. The van der Waals surface area contributed by atoms with Gasteiger partial charge in [0.1, 0.15) is 5.01 Å². The van der Waals surface area contributed by atoms with Crippen LogP contribution < -0.4 is 0 Å². The van der Waals surface area contributed by atoms with E-state index in [1.54, 1.807) is 31.4 Å². The van der Waals surface area contributed by atoms with Crippen LogP contribution in [0.4, 0.5) is 0 Å². The lowest BCUT2D eigenvalue weighted by Gasteiger charge is -2.24. The van der Waals surface area contributed by atoms with Gasteiger partial charge in [-0.3, -0.25) is 4.90 Å². The molecule has 30 heavy (non-hydrogen) atoms. The Morgan fingerprint density at radius 3 is 2.47 bits per heavy atom. The van der Waals surface area contributed by atoms with Crippen molar-refractivity contribution in [3.63, 3.8) is 0 Å². The van der Waals surface area contributed by atoms with Gasteiger partial charge >= 0.3 is 0 Å². The van der Waals surface area contributed by atoms with Gasteiger partial charge in [0.25, 0.3) is 0 Å². The third-order valence-corrected chi connectivity index (χ3v) is 8.52. The molecule has 162 valence electrons. The molecule has 1 unspecified atom stereocenters. The van der Waals surface area contributed by atoms with Crippen molar-refractivity contribution < 1.29 is 8.42 Å². The van der Waals surface area contributed by atoms with E-state index in [-0.39, 0.29) is 11.2 Å². The number of hydrogen-bond donors (Lipinski definition) is 0. The minimum Gasteiger partial charge on any atom is -0.317 e. The van der Waals surface area contributed by atoms with Crippen LogP contribution in [0.1, 0.15) is 48.8 Å². The zero-order valence-corrected chi connectivity index (χ0v) is 19.9. The van der Waals surface area contributed by atoms with Crippen molar-refractivity contribution in [2.24, 2.45) is 0 Å². The molecule has 0 saturated carbocycles. The van der Waals surface area contributed by atoms with Crippen molar-refractivity contribution in [3.05, 3.63) is 63.9 Å². The molecule has 6 nitrogen and oxygen atoms in total. The molecule has 0 bridgehead atoms. The van der Waals surface area contributed by atoms with E-state index in [0.717, 1.165) is 22.8 Å². The first-order chi connectivity index (χ1) is 14.2. The highest BCUT2D eigenvalue weighted by Gasteiger charge is 2.27. The second-order valence-corrected chi connectivity index (χ2v) is 11.2. The predicted octanol–water partition coefficient (Wildman–Crippen LogP) is 4.27. The maximum atomic E-state index is 12.9. The maximum absolute atomic E-state index is 12.9. The minimum absolute atomic E-state index is 0.131. The van der Waals surface area contributed by atoms with Crippen LogP contribution in [0, 0.1) is 6.92 Å². The molecule has 0 fully saturated rings. The molecule has 2 heterocycles. The standard InChI is InChI=1S/C22H30N4O2S2/c1-16(2)30(27,28)22-23-13-20(26(22)12-11-19-9-7-6-8-10-19)14-25(5)18(4)21-24-17(3)15-29-21/h6-10,13,15-16,18H,11-12,14H2,1-5H3.